The quantitative estimate of drug-likeness (QED) is 0.724. The highest BCUT2D eigenvalue weighted by molar-refractivity contribution is 5.69. The van der Waals surface area contributed by atoms with Gasteiger partial charge in [0.25, 0.3) is 0 Å². The molecule has 1 aliphatic heterocycles. The molecule has 2 bridgehead atoms. The number of hydrogen-bond acceptors (Lipinski definition) is 1. The number of anilines is 1. The summed E-state index contributed by atoms with van der Waals surface area (Å²) in [4.78, 5) is 0. The molecule has 21 heavy (non-hydrogen) atoms. The van der Waals surface area contributed by atoms with Crippen molar-refractivity contribution in [1.82, 2.24) is 0 Å². The Morgan fingerprint density at radius 3 is 2.90 bits per heavy atom. The maximum Gasteiger partial charge on any atom is 0.0505 e. The third-order valence-electron chi connectivity index (χ3n) is 8.90. The third-order valence-corrected chi connectivity index (χ3v) is 8.90. The van der Waals surface area contributed by atoms with Crippen LogP contribution >= 0.6 is 0 Å². The first-order valence-corrected chi connectivity index (χ1v) is 9.12. The van der Waals surface area contributed by atoms with Crippen molar-refractivity contribution in [2.24, 2.45) is 23.2 Å². The number of para-hydroxylation sites is 1. The molecule has 4 fully saturated rings. The lowest BCUT2D eigenvalue weighted by Crippen LogP contribution is -2.53. The fourth-order valence-electron chi connectivity index (χ4n) is 8.53. The van der Waals surface area contributed by atoms with Gasteiger partial charge in [-0.3, -0.25) is 0 Å². The van der Waals surface area contributed by atoms with Crippen LogP contribution in [-0.2, 0) is 5.41 Å². The minimum Gasteiger partial charge on any atom is -0.378 e. The lowest BCUT2D eigenvalue weighted by molar-refractivity contribution is 0.0312. The molecule has 4 aliphatic carbocycles. The van der Waals surface area contributed by atoms with E-state index in [1.807, 2.05) is 0 Å². The highest BCUT2D eigenvalue weighted by atomic mass is 15.1. The van der Waals surface area contributed by atoms with Gasteiger partial charge >= 0.3 is 0 Å². The first kappa shape index (κ1) is 11.6. The lowest BCUT2D eigenvalue weighted by Gasteiger charge is -2.49. The Morgan fingerprint density at radius 2 is 1.95 bits per heavy atom. The Morgan fingerprint density at radius 1 is 1.05 bits per heavy atom. The van der Waals surface area contributed by atoms with Crippen LogP contribution in [0, 0.1) is 23.2 Å². The molecule has 4 saturated carbocycles. The molecule has 6 atom stereocenters. The standard InChI is InChI=1S/C20H25N/c1-13-18-9-4-5-14-8-10-19(17(14)18)15-6-2-3-7-16(15)21-20(13,19)12-11-18/h2-3,6-7,13-14,17,21H,4-5,8-12H2,1H3/t13-,14+,17+,18+,19+,20+/m1/s1. The monoisotopic (exact) mass is 279 g/mol. The number of hydrogen-bond donors (Lipinski definition) is 1. The van der Waals surface area contributed by atoms with Crippen molar-refractivity contribution in [2.45, 2.75) is 62.8 Å². The Hall–Kier alpha value is -0.980. The van der Waals surface area contributed by atoms with Crippen molar-refractivity contribution < 1.29 is 0 Å². The van der Waals surface area contributed by atoms with E-state index in [1.165, 1.54) is 50.6 Å². The topological polar surface area (TPSA) is 12.0 Å². The summed E-state index contributed by atoms with van der Waals surface area (Å²) in [6.45, 7) is 2.61. The number of rotatable bonds is 0. The van der Waals surface area contributed by atoms with Gasteiger partial charge in [-0.05, 0) is 66.9 Å². The van der Waals surface area contributed by atoms with Gasteiger partial charge in [-0.15, -0.1) is 0 Å². The zero-order valence-corrected chi connectivity index (χ0v) is 13.0. The average Bonchev–Trinajstić information content (AvgIpc) is 3.17. The molecule has 1 nitrogen and oxygen atoms in total. The second kappa shape index (κ2) is 3.19. The van der Waals surface area contributed by atoms with Crippen LogP contribution in [0.2, 0.25) is 0 Å². The third kappa shape index (κ3) is 0.905. The van der Waals surface area contributed by atoms with Crippen molar-refractivity contribution >= 4 is 5.69 Å². The Labute approximate surface area is 127 Å². The molecule has 0 unspecified atom stereocenters. The van der Waals surface area contributed by atoms with E-state index in [2.05, 4.69) is 36.5 Å². The molecule has 1 aromatic carbocycles. The molecule has 6 rings (SSSR count). The summed E-state index contributed by atoms with van der Waals surface area (Å²) in [5.41, 5.74) is 4.76. The fraction of sp³-hybridized carbons (Fsp3) is 0.700. The van der Waals surface area contributed by atoms with Gasteiger partial charge < -0.3 is 5.32 Å². The zero-order chi connectivity index (χ0) is 13.9. The molecule has 3 spiro atoms. The van der Waals surface area contributed by atoms with Crippen LogP contribution in [0.3, 0.4) is 0 Å². The van der Waals surface area contributed by atoms with E-state index < -0.39 is 0 Å². The van der Waals surface area contributed by atoms with Gasteiger partial charge in [0, 0.05) is 11.1 Å². The summed E-state index contributed by atoms with van der Waals surface area (Å²) < 4.78 is 0. The molecule has 5 aliphatic rings. The summed E-state index contributed by atoms with van der Waals surface area (Å²) in [5.74, 6) is 2.88. The molecule has 110 valence electrons. The molecule has 1 heteroatoms. The zero-order valence-electron chi connectivity index (χ0n) is 13.0. The largest absolute Gasteiger partial charge is 0.378 e. The number of fused-ring (bicyclic) bond motifs is 1. The minimum atomic E-state index is 0.403. The highest BCUT2D eigenvalue weighted by Gasteiger charge is 2.81. The first-order valence-electron chi connectivity index (χ1n) is 9.12. The summed E-state index contributed by atoms with van der Waals surface area (Å²) in [6, 6.07) is 9.32. The Kier molecular flexibility index (Phi) is 1.76. The van der Waals surface area contributed by atoms with Gasteiger partial charge in [0.1, 0.15) is 0 Å². The molecule has 0 saturated heterocycles. The van der Waals surface area contributed by atoms with E-state index in [9.17, 15) is 0 Å². The SMILES string of the molecule is C[C@@H]1[C@]23CCC[C@H]4CC[C@]5(c6ccccc6N[C@@]15CC2)[C@@H]43. The van der Waals surface area contributed by atoms with Gasteiger partial charge in [-0.1, -0.05) is 38.0 Å². The van der Waals surface area contributed by atoms with Crippen molar-refractivity contribution in [3.63, 3.8) is 0 Å². The molecule has 1 aromatic rings. The summed E-state index contributed by atoms with van der Waals surface area (Å²) in [6.07, 6.45) is 10.4. The van der Waals surface area contributed by atoms with Crippen LogP contribution in [0.25, 0.3) is 0 Å². The second-order valence-corrected chi connectivity index (χ2v) is 8.74. The van der Waals surface area contributed by atoms with Crippen molar-refractivity contribution in [3.05, 3.63) is 29.8 Å². The van der Waals surface area contributed by atoms with Crippen LogP contribution in [0.4, 0.5) is 5.69 Å². The molecule has 1 heterocycles. The second-order valence-electron chi connectivity index (χ2n) is 8.74. The molecule has 0 aromatic heterocycles. The van der Waals surface area contributed by atoms with E-state index in [0.717, 1.165) is 17.8 Å². The molecule has 0 amide bonds. The molecular formula is C20H25N. The highest BCUT2D eigenvalue weighted by Crippen LogP contribution is 2.82. The van der Waals surface area contributed by atoms with Crippen LogP contribution < -0.4 is 5.32 Å². The van der Waals surface area contributed by atoms with Gasteiger partial charge in [0.15, 0.2) is 0 Å². The van der Waals surface area contributed by atoms with Crippen LogP contribution in [0.1, 0.15) is 57.4 Å². The summed E-state index contributed by atoms with van der Waals surface area (Å²) in [5, 5.41) is 4.12. The number of nitrogens with one attached hydrogen (secondary N) is 1. The molecule has 1 N–H and O–H groups in total. The first-order chi connectivity index (χ1) is 10.2. The van der Waals surface area contributed by atoms with Gasteiger partial charge in [-0.2, -0.15) is 0 Å². The maximum atomic E-state index is 4.12. The van der Waals surface area contributed by atoms with E-state index in [-0.39, 0.29) is 0 Å². The maximum absolute atomic E-state index is 4.12. The van der Waals surface area contributed by atoms with E-state index in [1.54, 1.807) is 5.56 Å². The smallest absolute Gasteiger partial charge is 0.0505 e. The Bertz CT molecular complexity index is 651. The minimum absolute atomic E-state index is 0.403. The van der Waals surface area contributed by atoms with Gasteiger partial charge in [0.2, 0.25) is 0 Å². The van der Waals surface area contributed by atoms with Crippen molar-refractivity contribution in [2.75, 3.05) is 5.32 Å². The van der Waals surface area contributed by atoms with Crippen LogP contribution in [0.5, 0.6) is 0 Å². The predicted octanol–water partition coefficient (Wildman–Crippen LogP) is 4.73. The van der Waals surface area contributed by atoms with Crippen molar-refractivity contribution in [1.29, 1.82) is 0 Å². The van der Waals surface area contributed by atoms with Gasteiger partial charge in [0.05, 0.1) is 5.54 Å². The average molecular weight is 279 g/mol. The molecule has 0 radical (unpaired) electrons. The van der Waals surface area contributed by atoms with Gasteiger partial charge in [-0.25, -0.2) is 0 Å². The van der Waals surface area contributed by atoms with Crippen LogP contribution in [-0.4, -0.2) is 5.54 Å². The summed E-state index contributed by atoms with van der Waals surface area (Å²) >= 11 is 0. The Balaban J connectivity index is 1.70. The normalized spacial score (nSPS) is 55.0. The lowest BCUT2D eigenvalue weighted by atomic mass is 9.54. The predicted molar refractivity (Wildman–Crippen MR) is 85.4 cm³/mol. The number of benzene rings is 1. The van der Waals surface area contributed by atoms with Crippen molar-refractivity contribution in [3.8, 4) is 0 Å². The summed E-state index contributed by atoms with van der Waals surface area (Å²) in [7, 11) is 0. The van der Waals surface area contributed by atoms with E-state index in [4.69, 9.17) is 0 Å². The van der Waals surface area contributed by atoms with E-state index >= 15 is 0 Å². The fourth-order valence-corrected chi connectivity index (χ4v) is 8.53. The van der Waals surface area contributed by atoms with E-state index in [0.29, 0.717) is 16.4 Å². The molecular weight excluding hydrogens is 254 g/mol. The van der Waals surface area contributed by atoms with Crippen LogP contribution in [0.15, 0.2) is 24.3 Å².